The first-order valence-electron chi connectivity index (χ1n) is 16.3. The Morgan fingerprint density at radius 3 is 2.02 bits per heavy atom. The third-order valence-electron chi connectivity index (χ3n) is 9.71. The fourth-order valence-electron chi connectivity index (χ4n) is 7.52. The Morgan fingerprint density at radius 1 is 0.449 bits per heavy atom. The molecule has 0 aliphatic rings. The van der Waals surface area contributed by atoms with Crippen LogP contribution in [0.5, 0.6) is 0 Å². The summed E-state index contributed by atoms with van der Waals surface area (Å²) >= 11 is 3.68. The zero-order chi connectivity index (χ0) is 32.1. The van der Waals surface area contributed by atoms with Crippen LogP contribution in [0.3, 0.4) is 0 Å². The van der Waals surface area contributed by atoms with E-state index in [1.165, 1.54) is 56.9 Å². The molecule has 5 heteroatoms. The van der Waals surface area contributed by atoms with Crippen molar-refractivity contribution in [3.63, 3.8) is 0 Å². The van der Waals surface area contributed by atoms with Gasteiger partial charge in [0.05, 0.1) is 0 Å². The summed E-state index contributed by atoms with van der Waals surface area (Å²) in [5.74, 6) is 0.703. The van der Waals surface area contributed by atoms with E-state index in [0.29, 0.717) is 11.4 Å². The number of hydrogen-bond acceptors (Lipinski definition) is 5. The molecule has 11 aromatic rings. The highest BCUT2D eigenvalue weighted by molar-refractivity contribution is 7.27. The van der Waals surface area contributed by atoms with Crippen LogP contribution in [-0.2, 0) is 0 Å². The molecule has 0 bridgehead atoms. The molecule has 0 N–H and O–H groups in total. The molecule has 0 aliphatic carbocycles. The number of benzene rings is 7. The van der Waals surface area contributed by atoms with Crippen molar-refractivity contribution in [2.75, 3.05) is 0 Å². The quantitative estimate of drug-likeness (QED) is 0.189. The van der Waals surface area contributed by atoms with Gasteiger partial charge in [-0.15, -0.1) is 22.7 Å². The first kappa shape index (κ1) is 27.1. The van der Waals surface area contributed by atoms with Crippen molar-refractivity contribution in [2.24, 2.45) is 0 Å². The van der Waals surface area contributed by atoms with Crippen LogP contribution < -0.4 is 0 Å². The molecular weight excluding hydrogens is 637 g/mol. The summed E-state index contributed by atoms with van der Waals surface area (Å²) in [5.41, 5.74) is 7.71. The van der Waals surface area contributed by atoms with Crippen molar-refractivity contribution in [1.29, 1.82) is 0 Å². The summed E-state index contributed by atoms with van der Waals surface area (Å²) in [4.78, 5) is 10.7. The van der Waals surface area contributed by atoms with Crippen LogP contribution in [0.25, 0.3) is 107 Å². The first-order valence-corrected chi connectivity index (χ1v) is 18.0. The van der Waals surface area contributed by atoms with Crippen LogP contribution >= 0.6 is 22.7 Å². The summed E-state index contributed by atoms with van der Waals surface area (Å²) in [5, 5.41) is 8.24. The predicted molar refractivity (Wildman–Crippen MR) is 209 cm³/mol. The van der Waals surface area contributed by atoms with E-state index in [0.717, 1.165) is 38.7 Å². The summed E-state index contributed by atoms with van der Waals surface area (Å²) in [6.07, 6.45) is 0. The summed E-state index contributed by atoms with van der Waals surface area (Å²) in [6, 6.07) is 51.7. The van der Waals surface area contributed by atoms with Crippen molar-refractivity contribution in [1.82, 2.24) is 9.97 Å². The summed E-state index contributed by atoms with van der Waals surface area (Å²) in [6.45, 7) is 0. The average molecular weight is 661 g/mol. The van der Waals surface area contributed by atoms with Crippen molar-refractivity contribution in [2.45, 2.75) is 0 Å². The molecule has 11 rings (SSSR count). The lowest BCUT2D eigenvalue weighted by Crippen LogP contribution is -1.95. The van der Waals surface area contributed by atoms with Crippen LogP contribution in [0.15, 0.2) is 150 Å². The van der Waals surface area contributed by atoms with Gasteiger partial charge in [0, 0.05) is 62.2 Å². The van der Waals surface area contributed by atoms with Crippen molar-refractivity contribution < 1.29 is 4.42 Å². The fraction of sp³-hybridized carbons (Fsp3) is 0. The highest BCUT2D eigenvalue weighted by atomic mass is 32.1. The minimum Gasteiger partial charge on any atom is -0.452 e. The van der Waals surface area contributed by atoms with Gasteiger partial charge in [-0.2, -0.15) is 0 Å². The van der Waals surface area contributed by atoms with E-state index in [-0.39, 0.29) is 0 Å². The van der Waals surface area contributed by atoms with Gasteiger partial charge < -0.3 is 4.42 Å². The van der Waals surface area contributed by atoms with E-state index in [4.69, 9.17) is 14.4 Å². The minimum absolute atomic E-state index is 0.703. The standard InChI is InChI=1S/C44H24N2OS2/c1-2-12-25(13-3-1)26-18-10-19-29-34-24-33(27-14-4-5-15-28(27)43(34)49-42(26)29)40-41-39(30-16-6-8-21-35(30)47-41)45-44(46-40)32-20-11-23-37-38(32)31-17-7-9-22-36(31)48-37/h1-24H. The predicted octanol–water partition coefficient (Wildman–Crippen LogP) is 13.3. The van der Waals surface area contributed by atoms with E-state index in [9.17, 15) is 0 Å². The number of furan rings is 1. The van der Waals surface area contributed by atoms with E-state index in [1.807, 2.05) is 34.8 Å². The summed E-state index contributed by atoms with van der Waals surface area (Å²) < 4.78 is 11.7. The molecule has 3 nitrogen and oxygen atoms in total. The largest absolute Gasteiger partial charge is 0.452 e. The Labute approximate surface area is 288 Å². The number of fused-ring (bicyclic) bond motifs is 11. The monoisotopic (exact) mass is 660 g/mol. The molecular formula is C44H24N2OS2. The molecule has 0 unspecified atom stereocenters. The first-order chi connectivity index (χ1) is 24.3. The van der Waals surface area contributed by atoms with E-state index >= 15 is 0 Å². The second-order valence-electron chi connectivity index (χ2n) is 12.4. The topological polar surface area (TPSA) is 38.9 Å². The number of rotatable bonds is 3. The van der Waals surface area contributed by atoms with Gasteiger partial charge in [-0.05, 0) is 46.8 Å². The molecule has 0 saturated carbocycles. The van der Waals surface area contributed by atoms with Gasteiger partial charge in [-0.1, -0.05) is 115 Å². The van der Waals surface area contributed by atoms with Crippen molar-refractivity contribution in [3.8, 4) is 33.8 Å². The van der Waals surface area contributed by atoms with Gasteiger partial charge in [-0.3, -0.25) is 0 Å². The normalized spacial score (nSPS) is 12.1. The number of aromatic nitrogens is 2. The highest BCUT2D eigenvalue weighted by Gasteiger charge is 2.23. The van der Waals surface area contributed by atoms with Gasteiger partial charge in [-0.25, -0.2) is 9.97 Å². The van der Waals surface area contributed by atoms with Crippen LogP contribution in [0, 0.1) is 0 Å². The molecule has 0 radical (unpaired) electrons. The summed E-state index contributed by atoms with van der Waals surface area (Å²) in [7, 11) is 0. The fourth-order valence-corrected chi connectivity index (χ4v) is 10.0. The molecule has 0 amide bonds. The van der Waals surface area contributed by atoms with Gasteiger partial charge >= 0.3 is 0 Å². The van der Waals surface area contributed by atoms with Crippen LogP contribution in [0.1, 0.15) is 0 Å². The van der Waals surface area contributed by atoms with E-state index in [1.54, 1.807) is 0 Å². The zero-order valence-corrected chi connectivity index (χ0v) is 27.6. The Bertz CT molecular complexity index is 3110. The molecule has 0 spiro atoms. The molecule has 0 atom stereocenters. The van der Waals surface area contributed by atoms with E-state index in [2.05, 4.69) is 133 Å². The third-order valence-corrected chi connectivity index (χ3v) is 12.1. The molecule has 7 aromatic carbocycles. The minimum atomic E-state index is 0.703. The molecule has 0 aliphatic heterocycles. The lowest BCUT2D eigenvalue weighted by molar-refractivity contribution is 0.667. The zero-order valence-electron chi connectivity index (χ0n) is 26.0. The maximum atomic E-state index is 6.66. The van der Waals surface area contributed by atoms with Gasteiger partial charge in [0.15, 0.2) is 11.4 Å². The lowest BCUT2D eigenvalue weighted by atomic mass is 9.96. The average Bonchev–Trinajstić information content (AvgIpc) is 3.86. The highest BCUT2D eigenvalue weighted by Crippen LogP contribution is 2.47. The SMILES string of the molecule is c1ccc(-c2cccc3c2sc2c4ccccc4c(-c4nc(-c5cccc6sc7ccccc7c56)nc5c4oc4ccccc45)cc32)cc1. The molecule has 228 valence electrons. The van der Waals surface area contributed by atoms with Gasteiger partial charge in [0.2, 0.25) is 0 Å². The molecule has 4 aromatic heterocycles. The Morgan fingerprint density at radius 2 is 1.12 bits per heavy atom. The second-order valence-corrected chi connectivity index (χ2v) is 14.5. The number of thiophene rings is 2. The second kappa shape index (κ2) is 10.3. The Kier molecular flexibility index (Phi) is 5.70. The smallest absolute Gasteiger partial charge is 0.180 e. The van der Waals surface area contributed by atoms with Gasteiger partial charge in [0.25, 0.3) is 0 Å². The number of hydrogen-bond donors (Lipinski definition) is 0. The maximum Gasteiger partial charge on any atom is 0.180 e. The Hall–Kier alpha value is -5.88. The van der Waals surface area contributed by atoms with Gasteiger partial charge in [0.1, 0.15) is 16.8 Å². The molecule has 4 heterocycles. The molecule has 49 heavy (non-hydrogen) atoms. The maximum absolute atomic E-state index is 6.66. The lowest BCUT2D eigenvalue weighted by Gasteiger charge is -2.11. The van der Waals surface area contributed by atoms with E-state index < -0.39 is 0 Å². The van der Waals surface area contributed by atoms with Crippen LogP contribution in [-0.4, -0.2) is 9.97 Å². The Balaban J connectivity index is 1.27. The number of nitrogens with zero attached hydrogens (tertiary/aromatic N) is 2. The van der Waals surface area contributed by atoms with Crippen molar-refractivity contribution in [3.05, 3.63) is 146 Å². The van der Waals surface area contributed by atoms with Crippen LogP contribution in [0.2, 0.25) is 0 Å². The molecule has 0 saturated heterocycles. The molecule has 0 fully saturated rings. The van der Waals surface area contributed by atoms with Crippen LogP contribution in [0.4, 0.5) is 0 Å². The third kappa shape index (κ3) is 3.94. The number of para-hydroxylation sites is 1. The van der Waals surface area contributed by atoms with Crippen molar-refractivity contribution >= 4 is 95.9 Å².